The van der Waals surface area contributed by atoms with Crippen molar-refractivity contribution < 1.29 is 9.05 Å². The summed E-state index contributed by atoms with van der Waals surface area (Å²) in [4.78, 5) is 0. The van der Waals surface area contributed by atoms with Crippen molar-refractivity contribution in [3.63, 3.8) is 0 Å². The van der Waals surface area contributed by atoms with Gasteiger partial charge in [-0.1, -0.05) is 30.4 Å². The monoisotopic (exact) mass is 211 g/mol. The summed E-state index contributed by atoms with van der Waals surface area (Å²) in [5, 5.41) is 0. The Balaban J connectivity index is 2.07. The molecule has 76 valence electrons. The van der Waals surface area contributed by atoms with E-state index >= 15 is 0 Å². The molecule has 0 fully saturated rings. The van der Waals surface area contributed by atoms with Crippen LogP contribution in [-0.4, -0.2) is 13.2 Å². The molecule has 0 bridgehead atoms. The van der Waals surface area contributed by atoms with Gasteiger partial charge in [-0.2, -0.15) is 0 Å². The molecule has 0 aliphatic rings. The fourth-order valence-corrected chi connectivity index (χ4v) is 1.27. The van der Waals surface area contributed by atoms with Gasteiger partial charge in [-0.05, 0) is 12.1 Å². The molecule has 0 aliphatic heterocycles. The molecule has 0 aliphatic carbocycles. The van der Waals surface area contributed by atoms with Crippen LogP contribution < -0.4 is 10.3 Å². The molecule has 4 heteroatoms. The fourth-order valence-electron chi connectivity index (χ4n) is 0.813. The second-order valence-corrected chi connectivity index (χ2v) is 3.18. The Morgan fingerprint density at radius 1 is 1.21 bits per heavy atom. The molecule has 0 saturated heterocycles. The van der Waals surface area contributed by atoms with Gasteiger partial charge in [0, 0.05) is 6.54 Å². The standard InChI is InChI=1S/C10H14NO2P/c11-8-4-5-9-12-14-13-10-6-2-1-3-7-10/h1-7,14H,8-9,11H2/b5-4-. The van der Waals surface area contributed by atoms with Crippen molar-refractivity contribution in [2.75, 3.05) is 13.2 Å². The van der Waals surface area contributed by atoms with Crippen LogP contribution in [0.4, 0.5) is 0 Å². The summed E-state index contributed by atoms with van der Waals surface area (Å²) in [5.41, 5.74) is 5.26. The first-order chi connectivity index (χ1) is 6.93. The van der Waals surface area contributed by atoms with Crippen LogP contribution in [0.2, 0.25) is 0 Å². The van der Waals surface area contributed by atoms with Crippen LogP contribution in [0.3, 0.4) is 0 Å². The summed E-state index contributed by atoms with van der Waals surface area (Å²) in [5.74, 6) is 0.827. The maximum atomic E-state index is 5.33. The topological polar surface area (TPSA) is 44.5 Å². The summed E-state index contributed by atoms with van der Waals surface area (Å²) < 4.78 is 10.5. The summed E-state index contributed by atoms with van der Waals surface area (Å²) in [6, 6.07) is 9.58. The van der Waals surface area contributed by atoms with Crippen LogP contribution in [0.25, 0.3) is 0 Å². The van der Waals surface area contributed by atoms with Crippen molar-refractivity contribution in [3.05, 3.63) is 42.5 Å². The Bertz CT molecular complexity index is 264. The average Bonchev–Trinajstić information content (AvgIpc) is 2.25. The Morgan fingerprint density at radius 3 is 2.71 bits per heavy atom. The molecule has 0 spiro atoms. The van der Waals surface area contributed by atoms with E-state index in [1.165, 1.54) is 0 Å². The lowest BCUT2D eigenvalue weighted by Gasteiger charge is -2.03. The van der Waals surface area contributed by atoms with Crippen LogP contribution in [-0.2, 0) is 4.52 Å². The number of hydrogen-bond donors (Lipinski definition) is 1. The van der Waals surface area contributed by atoms with Crippen LogP contribution in [0, 0.1) is 0 Å². The van der Waals surface area contributed by atoms with E-state index < -0.39 is 0 Å². The first-order valence-corrected chi connectivity index (χ1v) is 5.19. The minimum absolute atomic E-state index is 0.0289. The maximum absolute atomic E-state index is 5.33. The average molecular weight is 211 g/mol. The quantitative estimate of drug-likeness (QED) is 0.445. The first-order valence-electron chi connectivity index (χ1n) is 4.37. The molecule has 0 radical (unpaired) electrons. The molecule has 0 saturated carbocycles. The molecule has 1 unspecified atom stereocenters. The van der Waals surface area contributed by atoms with E-state index in [2.05, 4.69) is 0 Å². The van der Waals surface area contributed by atoms with Gasteiger partial charge in [-0.3, -0.25) is 0 Å². The van der Waals surface area contributed by atoms with E-state index in [-0.39, 0.29) is 9.03 Å². The summed E-state index contributed by atoms with van der Waals surface area (Å²) in [7, 11) is 0.0289. The van der Waals surface area contributed by atoms with Gasteiger partial charge in [0.25, 0.3) is 0 Å². The molecule has 1 rings (SSSR count). The number of para-hydroxylation sites is 1. The molecule has 14 heavy (non-hydrogen) atoms. The fraction of sp³-hybridized carbons (Fsp3) is 0.200. The van der Waals surface area contributed by atoms with Crippen molar-refractivity contribution in [1.29, 1.82) is 0 Å². The molecule has 3 nitrogen and oxygen atoms in total. The predicted octanol–water partition coefficient (Wildman–Crippen LogP) is 2.11. The third-order valence-corrected chi connectivity index (χ3v) is 2.05. The molecule has 1 atom stereocenters. The highest BCUT2D eigenvalue weighted by molar-refractivity contribution is 7.26. The van der Waals surface area contributed by atoms with E-state index in [1.807, 2.05) is 42.5 Å². The summed E-state index contributed by atoms with van der Waals surface area (Å²) in [6.45, 7) is 1.09. The molecule has 0 heterocycles. The zero-order valence-corrected chi connectivity index (χ0v) is 8.85. The van der Waals surface area contributed by atoms with Crippen LogP contribution >= 0.6 is 9.03 Å². The van der Waals surface area contributed by atoms with Gasteiger partial charge in [0.2, 0.25) is 9.03 Å². The van der Waals surface area contributed by atoms with Crippen molar-refractivity contribution in [2.45, 2.75) is 0 Å². The highest BCUT2D eigenvalue weighted by Gasteiger charge is 1.89. The third-order valence-electron chi connectivity index (χ3n) is 1.44. The van der Waals surface area contributed by atoms with Gasteiger partial charge >= 0.3 is 0 Å². The molecule has 1 aromatic rings. The van der Waals surface area contributed by atoms with E-state index in [0.29, 0.717) is 13.2 Å². The normalized spacial score (nSPS) is 11.5. The highest BCUT2D eigenvalue weighted by atomic mass is 31.1. The number of hydrogen-bond acceptors (Lipinski definition) is 3. The van der Waals surface area contributed by atoms with E-state index in [9.17, 15) is 0 Å². The van der Waals surface area contributed by atoms with Crippen LogP contribution in [0.15, 0.2) is 42.5 Å². The molecule has 1 aromatic carbocycles. The van der Waals surface area contributed by atoms with Gasteiger partial charge in [0.05, 0.1) is 6.61 Å². The Labute approximate surface area is 85.9 Å². The lowest BCUT2D eigenvalue weighted by molar-refractivity contribution is 0.372. The minimum atomic E-state index is 0.0289. The van der Waals surface area contributed by atoms with Gasteiger partial charge in [0.15, 0.2) is 0 Å². The Kier molecular flexibility index (Phi) is 6.00. The molecule has 0 amide bonds. The lowest BCUT2D eigenvalue weighted by Crippen LogP contribution is -1.93. The van der Waals surface area contributed by atoms with E-state index in [0.717, 1.165) is 5.75 Å². The first kappa shape index (κ1) is 11.2. The minimum Gasteiger partial charge on any atom is -0.450 e. The third kappa shape index (κ3) is 4.97. The van der Waals surface area contributed by atoms with Crippen molar-refractivity contribution in [1.82, 2.24) is 0 Å². The molecular weight excluding hydrogens is 197 g/mol. The molecule has 2 N–H and O–H groups in total. The van der Waals surface area contributed by atoms with Gasteiger partial charge in [-0.15, -0.1) is 0 Å². The van der Waals surface area contributed by atoms with Gasteiger partial charge in [0.1, 0.15) is 5.75 Å². The van der Waals surface area contributed by atoms with Gasteiger partial charge < -0.3 is 14.8 Å². The maximum Gasteiger partial charge on any atom is 0.215 e. The summed E-state index contributed by atoms with van der Waals surface area (Å²) in [6.07, 6.45) is 3.73. The Morgan fingerprint density at radius 2 is 2.00 bits per heavy atom. The van der Waals surface area contributed by atoms with E-state index in [4.69, 9.17) is 14.8 Å². The van der Waals surface area contributed by atoms with Crippen molar-refractivity contribution >= 4 is 9.03 Å². The second-order valence-electron chi connectivity index (χ2n) is 2.52. The second kappa shape index (κ2) is 7.51. The zero-order chi connectivity index (χ0) is 10.1. The van der Waals surface area contributed by atoms with Gasteiger partial charge in [-0.25, -0.2) is 0 Å². The Hall–Kier alpha value is -0.890. The van der Waals surface area contributed by atoms with Crippen LogP contribution in [0.1, 0.15) is 0 Å². The SMILES string of the molecule is NC/C=C\COPOc1ccccc1. The van der Waals surface area contributed by atoms with Crippen LogP contribution in [0.5, 0.6) is 5.75 Å². The number of nitrogens with two attached hydrogens (primary N) is 1. The number of rotatable bonds is 6. The lowest BCUT2D eigenvalue weighted by atomic mass is 10.3. The molecular formula is C10H14NO2P. The molecule has 0 aromatic heterocycles. The summed E-state index contributed by atoms with van der Waals surface area (Å²) >= 11 is 0. The highest BCUT2D eigenvalue weighted by Crippen LogP contribution is 2.20. The smallest absolute Gasteiger partial charge is 0.215 e. The van der Waals surface area contributed by atoms with E-state index in [1.54, 1.807) is 0 Å². The number of benzene rings is 1. The largest absolute Gasteiger partial charge is 0.450 e. The predicted molar refractivity (Wildman–Crippen MR) is 59.5 cm³/mol. The van der Waals surface area contributed by atoms with Crippen molar-refractivity contribution in [3.8, 4) is 5.75 Å². The van der Waals surface area contributed by atoms with Crippen molar-refractivity contribution in [2.24, 2.45) is 5.73 Å². The zero-order valence-electron chi connectivity index (χ0n) is 7.85.